The van der Waals surface area contributed by atoms with Crippen molar-refractivity contribution in [3.8, 4) is 0 Å². The normalized spacial score (nSPS) is 20.1. The summed E-state index contributed by atoms with van der Waals surface area (Å²) >= 11 is 3.64. The number of carboxylic acid groups (broad SMARTS) is 1. The standard InChI is InChI=1S/C16H18N8O6S4/c1-23-16(19-21-22-23)32-6-7-5-31-13-10(12(26)24(13)11(7)14(27)28)18-9(25)3-8-4-17-15(33-8)20-34(2,29)30/h4,10,13H,3,5-6H2,1-2H3,(H,17,20)(H,18,25)(H,27,28)/t10?,13-/m1/s1. The number of thioether (sulfide) groups is 2. The van der Waals surface area contributed by atoms with E-state index in [1.807, 2.05) is 0 Å². The maximum absolute atomic E-state index is 12.8. The second-order valence-electron chi connectivity index (χ2n) is 7.27. The van der Waals surface area contributed by atoms with Crippen molar-refractivity contribution >= 4 is 67.8 Å². The van der Waals surface area contributed by atoms with Crippen molar-refractivity contribution < 1.29 is 27.9 Å². The Morgan fingerprint density at radius 2 is 2.15 bits per heavy atom. The molecule has 4 rings (SSSR count). The van der Waals surface area contributed by atoms with E-state index in [0.717, 1.165) is 17.6 Å². The molecule has 0 radical (unpaired) electrons. The smallest absolute Gasteiger partial charge is 0.352 e. The molecule has 2 amide bonds. The summed E-state index contributed by atoms with van der Waals surface area (Å²) in [6.07, 6.45) is 2.27. The van der Waals surface area contributed by atoms with Crippen LogP contribution in [0.5, 0.6) is 0 Å². The van der Waals surface area contributed by atoms with E-state index in [2.05, 4.69) is 30.5 Å². The number of nitrogens with zero attached hydrogens (tertiary/aromatic N) is 6. The van der Waals surface area contributed by atoms with Crippen molar-refractivity contribution in [3.05, 3.63) is 22.3 Å². The van der Waals surface area contributed by atoms with E-state index in [1.54, 1.807) is 7.05 Å². The van der Waals surface area contributed by atoms with Gasteiger partial charge in [-0.1, -0.05) is 11.8 Å². The number of fused-ring (bicyclic) bond motifs is 1. The number of aryl methyl sites for hydroxylation is 1. The van der Waals surface area contributed by atoms with Crippen LogP contribution in [0.1, 0.15) is 4.88 Å². The van der Waals surface area contributed by atoms with Gasteiger partial charge in [0.2, 0.25) is 21.1 Å². The lowest BCUT2D eigenvalue weighted by atomic mass is 10.0. The average Bonchev–Trinajstić information content (AvgIpc) is 3.36. The minimum absolute atomic E-state index is 0.0826. The third kappa shape index (κ3) is 5.18. The molecule has 2 aromatic rings. The monoisotopic (exact) mass is 546 g/mol. The number of nitrogens with one attached hydrogen (secondary N) is 2. The van der Waals surface area contributed by atoms with E-state index in [-0.39, 0.29) is 17.2 Å². The molecule has 0 spiro atoms. The number of hydrogen-bond acceptors (Lipinski definition) is 12. The number of hydrogen-bond donors (Lipinski definition) is 3. The molecule has 14 nitrogen and oxygen atoms in total. The fourth-order valence-electron chi connectivity index (χ4n) is 3.27. The van der Waals surface area contributed by atoms with Gasteiger partial charge >= 0.3 is 5.97 Å². The van der Waals surface area contributed by atoms with Crippen LogP contribution in [0.25, 0.3) is 0 Å². The van der Waals surface area contributed by atoms with E-state index in [1.165, 1.54) is 39.3 Å². The predicted molar refractivity (Wildman–Crippen MR) is 123 cm³/mol. The molecule has 34 heavy (non-hydrogen) atoms. The zero-order valence-electron chi connectivity index (χ0n) is 17.7. The third-order valence-electron chi connectivity index (χ3n) is 4.68. The average molecular weight is 547 g/mol. The predicted octanol–water partition coefficient (Wildman–Crippen LogP) is -0.888. The summed E-state index contributed by atoms with van der Waals surface area (Å²) in [7, 11) is -1.81. The van der Waals surface area contributed by atoms with Crippen LogP contribution in [0.15, 0.2) is 22.6 Å². The minimum Gasteiger partial charge on any atom is -0.477 e. The number of amides is 2. The lowest BCUT2D eigenvalue weighted by molar-refractivity contribution is -0.150. The first-order valence-electron chi connectivity index (χ1n) is 9.50. The highest BCUT2D eigenvalue weighted by atomic mass is 32.2. The molecule has 0 aliphatic carbocycles. The van der Waals surface area contributed by atoms with Gasteiger partial charge in [0.1, 0.15) is 17.1 Å². The molecule has 1 saturated heterocycles. The van der Waals surface area contributed by atoms with Gasteiger partial charge in [0, 0.05) is 29.6 Å². The second-order valence-corrected chi connectivity index (χ2v) is 12.2. The number of aliphatic carboxylic acids is 1. The number of rotatable bonds is 9. The SMILES string of the molecule is Cn1nnnc1SCC1=C(C(=O)O)N2C(=O)C(NC(=O)Cc3cnc(NS(C)(=O)=O)s3)[C@H]2SC1. The summed E-state index contributed by atoms with van der Waals surface area (Å²) in [6.45, 7) is 0. The summed E-state index contributed by atoms with van der Waals surface area (Å²) in [4.78, 5) is 42.8. The lowest BCUT2D eigenvalue weighted by Crippen LogP contribution is -2.70. The van der Waals surface area contributed by atoms with Gasteiger partial charge in [-0.15, -0.1) is 28.2 Å². The molecule has 1 fully saturated rings. The largest absolute Gasteiger partial charge is 0.477 e. The molecule has 3 N–H and O–H groups in total. The Labute approximate surface area is 205 Å². The third-order valence-corrected chi connectivity index (χ3v) is 8.73. The van der Waals surface area contributed by atoms with E-state index in [0.29, 0.717) is 27.1 Å². The maximum atomic E-state index is 12.8. The van der Waals surface area contributed by atoms with Gasteiger partial charge in [-0.3, -0.25) is 19.2 Å². The number of carbonyl (C=O) groups is 3. The number of aromatic nitrogens is 5. The molecule has 18 heteroatoms. The van der Waals surface area contributed by atoms with E-state index in [9.17, 15) is 27.9 Å². The van der Waals surface area contributed by atoms with E-state index in [4.69, 9.17) is 0 Å². The zero-order valence-corrected chi connectivity index (χ0v) is 20.9. The van der Waals surface area contributed by atoms with Crippen molar-refractivity contribution in [3.63, 3.8) is 0 Å². The minimum atomic E-state index is -3.48. The summed E-state index contributed by atoms with van der Waals surface area (Å²) in [5.41, 5.74) is 0.483. The van der Waals surface area contributed by atoms with Crippen LogP contribution in [0, 0.1) is 0 Å². The fourth-order valence-corrected chi connectivity index (χ4v) is 7.26. The van der Waals surface area contributed by atoms with Gasteiger partial charge < -0.3 is 10.4 Å². The van der Waals surface area contributed by atoms with Gasteiger partial charge in [-0.05, 0) is 16.0 Å². The number of carbonyl (C=O) groups excluding carboxylic acids is 2. The van der Waals surface area contributed by atoms with Crippen LogP contribution in [0.4, 0.5) is 5.13 Å². The molecule has 4 heterocycles. The number of anilines is 1. The molecule has 2 aliphatic heterocycles. The zero-order chi connectivity index (χ0) is 24.6. The van der Waals surface area contributed by atoms with E-state index < -0.39 is 39.2 Å². The highest BCUT2D eigenvalue weighted by Gasteiger charge is 2.54. The topological polar surface area (TPSA) is 189 Å². The molecular formula is C16H18N8O6S4. The van der Waals surface area contributed by atoms with Gasteiger partial charge in [-0.25, -0.2) is 22.9 Å². The second kappa shape index (κ2) is 9.51. The first kappa shape index (κ1) is 24.4. The highest BCUT2D eigenvalue weighted by molar-refractivity contribution is 8.01. The summed E-state index contributed by atoms with van der Waals surface area (Å²) in [6, 6.07) is -0.856. The molecule has 2 aliphatic rings. The van der Waals surface area contributed by atoms with Gasteiger partial charge in [-0.2, -0.15) is 0 Å². The molecule has 1 unspecified atom stereocenters. The summed E-state index contributed by atoms with van der Waals surface area (Å²) in [5, 5.41) is 23.6. The quantitative estimate of drug-likeness (QED) is 0.260. The fraction of sp³-hybridized carbons (Fsp3) is 0.438. The number of tetrazole rings is 1. The van der Waals surface area contributed by atoms with Crippen molar-refractivity contribution in [1.29, 1.82) is 0 Å². The van der Waals surface area contributed by atoms with Crippen molar-refractivity contribution in [2.75, 3.05) is 22.5 Å². The molecular weight excluding hydrogens is 528 g/mol. The van der Waals surface area contributed by atoms with Crippen LogP contribution in [-0.2, 0) is 37.9 Å². The Hall–Kier alpha value is -2.70. The Bertz CT molecular complexity index is 1290. The Morgan fingerprint density at radius 1 is 1.38 bits per heavy atom. The number of carboxylic acids is 1. The van der Waals surface area contributed by atoms with Gasteiger partial charge in [0.05, 0.1) is 12.7 Å². The van der Waals surface area contributed by atoms with Crippen LogP contribution >= 0.6 is 34.9 Å². The van der Waals surface area contributed by atoms with Gasteiger partial charge in [0.25, 0.3) is 5.91 Å². The van der Waals surface area contributed by atoms with Crippen LogP contribution in [-0.4, -0.2) is 90.6 Å². The van der Waals surface area contributed by atoms with E-state index >= 15 is 0 Å². The highest BCUT2D eigenvalue weighted by Crippen LogP contribution is 2.41. The molecule has 182 valence electrons. The molecule has 0 bridgehead atoms. The first-order chi connectivity index (χ1) is 16.0. The Balaban J connectivity index is 1.39. The molecule has 2 atom stereocenters. The summed E-state index contributed by atoms with van der Waals surface area (Å²) < 4.78 is 26.3. The van der Waals surface area contributed by atoms with Crippen LogP contribution in [0.2, 0.25) is 0 Å². The van der Waals surface area contributed by atoms with Crippen LogP contribution < -0.4 is 10.0 Å². The molecule has 0 aromatic carbocycles. The number of β-lactam (4-membered cyclic amide) rings is 1. The Morgan fingerprint density at radius 3 is 2.79 bits per heavy atom. The van der Waals surface area contributed by atoms with Gasteiger partial charge in [0.15, 0.2) is 5.13 Å². The Kier molecular flexibility index (Phi) is 6.83. The molecule has 0 saturated carbocycles. The van der Waals surface area contributed by atoms with Crippen molar-refractivity contribution in [1.82, 2.24) is 35.4 Å². The lowest BCUT2D eigenvalue weighted by Gasteiger charge is -2.49. The van der Waals surface area contributed by atoms with Crippen LogP contribution in [0.3, 0.4) is 0 Å². The number of thiazole rings is 1. The maximum Gasteiger partial charge on any atom is 0.352 e. The van der Waals surface area contributed by atoms with Crippen molar-refractivity contribution in [2.24, 2.45) is 7.05 Å². The number of sulfonamides is 1. The van der Waals surface area contributed by atoms with Crippen molar-refractivity contribution in [2.45, 2.75) is 23.0 Å². The summed E-state index contributed by atoms with van der Waals surface area (Å²) in [5.74, 6) is -1.51. The first-order valence-corrected chi connectivity index (χ1v) is 14.2. The molecule has 2 aromatic heterocycles.